The van der Waals surface area contributed by atoms with Crippen LogP contribution in [0.4, 0.5) is 4.39 Å². The molecule has 0 amide bonds. The van der Waals surface area contributed by atoms with Gasteiger partial charge in [0, 0.05) is 25.9 Å². The maximum absolute atomic E-state index is 13.4. The summed E-state index contributed by atoms with van der Waals surface area (Å²) >= 11 is 5.87. The van der Waals surface area contributed by atoms with Crippen LogP contribution in [0.5, 0.6) is 0 Å². The Bertz CT molecular complexity index is 975. The van der Waals surface area contributed by atoms with Gasteiger partial charge in [0.1, 0.15) is 23.8 Å². The number of hydrogen-bond acceptors (Lipinski definition) is 4. The van der Waals surface area contributed by atoms with Crippen LogP contribution in [0, 0.1) is 5.82 Å². The third-order valence-electron chi connectivity index (χ3n) is 4.29. The molecule has 3 heterocycles. The Morgan fingerprint density at radius 3 is 3.00 bits per heavy atom. The minimum atomic E-state index is -0.480. The maximum atomic E-state index is 13.4. The molecule has 3 aromatic rings. The SMILES string of the molecule is Cn1nc2n(c1=O)C[C@H](c1ncnn1-c1ccc(F)c(Cl)c1)CC2. The summed E-state index contributed by atoms with van der Waals surface area (Å²) in [5.41, 5.74) is 0.504. The van der Waals surface area contributed by atoms with Crippen LogP contribution in [0.3, 0.4) is 0 Å². The van der Waals surface area contributed by atoms with Crippen LogP contribution in [-0.2, 0) is 20.0 Å². The lowest BCUT2D eigenvalue weighted by atomic mass is 9.98. The number of benzene rings is 1. The topological polar surface area (TPSA) is 70.5 Å². The monoisotopic (exact) mass is 348 g/mol. The largest absolute Gasteiger partial charge is 0.345 e. The molecule has 1 aliphatic heterocycles. The molecule has 24 heavy (non-hydrogen) atoms. The van der Waals surface area contributed by atoms with Gasteiger partial charge in [-0.2, -0.15) is 10.2 Å². The third-order valence-corrected chi connectivity index (χ3v) is 4.58. The van der Waals surface area contributed by atoms with Crippen molar-refractivity contribution in [3.63, 3.8) is 0 Å². The quantitative estimate of drug-likeness (QED) is 0.706. The van der Waals surface area contributed by atoms with Crippen molar-refractivity contribution in [1.29, 1.82) is 0 Å². The van der Waals surface area contributed by atoms with Gasteiger partial charge in [-0.05, 0) is 24.6 Å². The zero-order valence-electron chi connectivity index (χ0n) is 12.9. The second-order valence-corrected chi connectivity index (χ2v) is 6.20. The van der Waals surface area contributed by atoms with E-state index in [9.17, 15) is 9.18 Å². The van der Waals surface area contributed by atoms with Gasteiger partial charge in [0.2, 0.25) is 0 Å². The van der Waals surface area contributed by atoms with Crippen LogP contribution in [0.15, 0.2) is 29.3 Å². The molecule has 7 nitrogen and oxygen atoms in total. The molecule has 0 spiro atoms. The molecule has 0 saturated carbocycles. The summed E-state index contributed by atoms with van der Waals surface area (Å²) in [5, 5.41) is 8.50. The van der Waals surface area contributed by atoms with E-state index in [2.05, 4.69) is 15.2 Å². The van der Waals surface area contributed by atoms with Crippen LogP contribution in [0.25, 0.3) is 5.69 Å². The van der Waals surface area contributed by atoms with Gasteiger partial charge in [-0.3, -0.25) is 4.57 Å². The van der Waals surface area contributed by atoms with Crippen LogP contribution in [-0.4, -0.2) is 29.1 Å². The van der Waals surface area contributed by atoms with Crippen LogP contribution in [0.2, 0.25) is 5.02 Å². The fourth-order valence-electron chi connectivity index (χ4n) is 3.09. The summed E-state index contributed by atoms with van der Waals surface area (Å²) < 4.78 is 18.0. The summed E-state index contributed by atoms with van der Waals surface area (Å²) in [6.07, 6.45) is 2.95. The molecule has 124 valence electrons. The molecule has 1 aromatic carbocycles. The number of aromatic nitrogens is 6. The summed E-state index contributed by atoms with van der Waals surface area (Å²) in [5.74, 6) is 1.05. The molecule has 0 aliphatic carbocycles. The lowest BCUT2D eigenvalue weighted by molar-refractivity contribution is 0.426. The van der Waals surface area contributed by atoms with Crippen molar-refractivity contribution in [2.24, 2.45) is 7.05 Å². The highest BCUT2D eigenvalue weighted by Crippen LogP contribution is 2.28. The second kappa shape index (κ2) is 5.55. The van der Waals surface area contributed by atoms with E-state index in [0.717, 1.165) is 18.1 Å². The highest BCUT2D eigenvalue weighted by atomic mass is 35.5. The third kappa shape index (κ3) is 2.34. The molecule has 0 bridgehead atoms. The standard InChI is InChI=1S/C15H14ClFN6O/c1-21-15(24)22-7-9(2-5-13(22)20-21)14-18-8-19-23(14)10-3-4-12(17)11(16)6-10/h3-4,6,8-9H,2,5,7H2,1H3/t9-/m1/s1. The average Bonchev–Trinajstić information content (AvgIpc) is 3.16. The number of aryl methyl sites for hydroxylation is 2. The lowest BCUT2D eigenvalue weighted by Gasteiger charge is -2.22. The predicted octanol–water partition coefficient (Wildman–Crippen LogP) is 1.68. The van der Waals surface area contributed by atoms with Crippen LogP contribution >= 0.6 is 11.6 Å². The Morgan fingerprint density at radius 2 is 2.21 bits per heavy atom. The Kier molecular flexibility index (Phi) is 3.49. The van der Waals surface area contributed by atoms with Crippen molar-refractivity contribution >= 4 is 11.6 Å². The van der Waals surface area contributed by atoms with E-state index >= 15 is 0 Å². The fraction of sp³-hybridized carbons (Fsp3) is 0.333. The molecular weight excluding hydrogens is 335 g/mol. The lowest BCUT2D eigenvalue weighted by Crippen LogP contribution is -2.30. The van der Waals surface area contributed by atoms with Crippen molar-refractivity contribution in [3.8, 4) is 5.69 Å². The van der Waals surface area contributed by atoms with Crippen LogP contribution in [0.1, 0.15) is 24.0 Å². The Morgan fingerprint density at radius 1 is 1.38 bits per heavy atom. The molecular formula is C15H14ClFN6O. The van der Waals surface area contributed by atoms with Gasteiger partial charge in [-0.15, -0.1) is 0 Å². The second-order valence-electron chi connectivity index (χ2n) is 5.80. The highest BCUT2D eigenvalue weighted by Gasteiger charge is 2.27. The number of fused-ring (bicyclic) bond motifs is 1. The minimum Gasteiger partial charge on any atom is -0.278 e. The van der Waals surface area contributed by atoms with Gasteiger partial charge in [0.05, 0.1) is 10.7 Å². The minimum absolute atomic E-state index is 0.0192. The Labute approximate surface area is 141 Å². The first-order valence-electron chi connectivity index (χ1n) is 7.52. The molecule has 9 heteroatoms. The van der Waals surface area contributed by atoms with Gasteiger partial charge in [-0.25, -0.2) is 23.5 Å². The summed E-state index contributed by atoms with van der Waals surface area (Å²) in [6.45, 7) is 0.496. The van der Waals surface area contributed by atoms with Crippen molar-refractivity contribution in [2.75, 3.05) is 0 Å². The molecule has 0 fully saturated rings. The number of hydrogen-bond donors (Lipinski definition) is 0. The van der Waals surface area contributed by atoms with E-state index in [0.29, 0.717) is 18.7 Å². The summed E-state index contributed by atoms with van der Waals surface area (Å²) in [4.78, 5) is 16.5. The zero-order chi connectivity index (χ0) is 16.8. The van der Waals surface area contributed by atoms with E-state index in [-0.39, 0.29) is 16.6 Å². The number of rotatable bonds is 2. The van der Waals surface area contributed by atoms with Gasteiger partial charge in [0.15, 0.2) is 0 Å². The van der Waals surface area contributed by atoms with Crippen molar-refractivity contribution in [2.45, 2.75) is 25.3 Å². The van der Waals surface area contributed by atoms with Crippen molar-refractivity contribution < 1.29 is 4.39 Å². The van der Waals surface area contributed by atoms with Crippen molar-refractivity contribution in [1.82, 2.24) is 29.1 Å². The molecule has 1 aliphatic rings. The molecule has 0 saturated heterocycles. The number of nitrogens with zero attached hydrogens (tertiary/aromatic N) is 6. The summed E-state index contributed by atoms with van der Waals surface area (Å²) in [7, 11) is 1.64. The van der Waals surface area contributed by atoms with E-state index < -0.39 is 5.82 Å². The highest BCUT2D eigenvalue weighted by molar-refractivity contribution is 6.30. The average molecular weight is 349 g/mol. The normalized spacial score (nSPS) is 17.0. The maximum Gasteiger partial charge on any atom is 0.345 e. The van der Waals surface area contributed by atoms with E-state index in [1.54, 1.807) is 22.4 Å². The van der Waals surface area contributed by atoms with Gasteiger partial charge < -0.3 is 0 Å². The fourth-order valence-corrected chi connectivity index (χ4v) is 3.27. The van der Waals surface area contributed by atoms with Crippen molar-refractivity contribution in [3.05, 3.63) is 57.5 Å². The van der Waals surface area contributed by atoms with Crippen LogP contribution < -0.4 is 5.69 Å². The number of halogens is 2. The molecule has 2 aromatic heterocycles. The zero-order valence-corrected chi connectivity index (χ0v) is 13.6. The summed E-state index contributed by atoms with van der Waals surface area (Å²) in [6, 6.07) is 4.41. The van der Waals surface area contributed by atoms with E-state index in [1.807, 2.05) is 0 Å². The van der Waals surface area contributed by atoms with E-state index in [4.69, 9.17) is 11.6 Å². The Hall–Kier alpha value is -2.48. The first kappa shape index (κ1) is 15.1. The molecule has 0 radical (unpaired) electrons. The first-order valence-corrected chi connectivity index (χ1v) is 7.90. The smallest absolute Gasteiger partial charge is 0.278 e. The van der Waals surface area contributed by atoms with E-state index in [1.165, 1.54) is 23.1 Å². The Balaban J connectivity index is 1.72. The van der Waals surface area contributed by atoms with Gasteiger partial charge in [0.25, 0.3) is 0 Å². The first-order chi connectivity index (χ1) is 11.5. The van der Waals surface area contributed by atoms with Gasteiger partial charge >= 0.3 is 5.69 Å². The molecule has 0 N–H and O–H groups in total. The van der Waals surface area contributed by atoms with Gasteiger partial charge in [-0.1, -0.05) is 11.6 Å². The molecule has 4 rings (SSSR count). The molecule has 1 atom stereocenters. The predicted molar refractivity (Wildman–Crippen MR) is 84.9 cm³/mol. The molecule has 0 unspecified atom stereocenters.